The highest BCUT2D eigenvalue weighted by Gasteiger charge is 2.15. The highest BCUT2D eigenvalue weighted by molar-refractivity contribution is 5.81. The van der Waals surface area contributed by atoms with Gasteiger partial charge in [-0.25, -0.2) is 0 Å². The third-order valence-corrected chi connectivity index (χ3v) is 3.43. The summed E-state index contributed by atoms with van der Waals surface area (Å²) in [6.45, 7) is 4.07. The second-order valence-electron chi connectivity index (χ2n) is 5.22. The molecular weight excluding hydrogens is 266 g/mol. The number of fused-ring (bicyclic) bond motifs is 1. The maximum absolute atomic E-state index is 12.2. The van der Waals surface area contributed by atoms with Crippen molar-refractivity contribution in [1.82, 2.24) is 4.98 Å². The first kappa shape index (κ1) is 13.4. The summed E-state index contributed by atoms with van der Waals surface area (Å²) in [4.78, 5) is 16.2. The van der Waals surface area contributed by atoms with Crippen molar-refractivity contribution in [2.75, 3.05) is 0 Å². The zero-order chi connectivity index (χ0) is 15.0. The first-order valence-electron chi connectivity index (χ1n) is 6.80. The number of benzene rings is 2. The van der Waals surface area contributed by atoms with Crippen LogP contribution in [-0.2, 0) is 0 Å². The lowest BCUT2D eigenvalue weighted by atomic mass is 10.0. The van der Waals surface area contributed by atoms with Crippen molar-refractivity contribution in [1.29, 1.82) is 0 Å². The molecule has 0 spiro atoms. The van der Waals surface area contributed by atoms with E-state index in [0.29, 0.717) is 16.5 Å². The molecule has 21 heavy (non-hydrogen) atoms. The Balaban J connectivity index is 2.35. The van der Waals surface area contributed by atoms with Crippen LogP contribution >= 0.6 is 0 Å². The minimum Gasteiger partial charge on any atom is -0.507 e. The van der Waals surface area contributed by atoms with Crippen LogP contribution in [0.3, 0.4) is 0 Å². The molecule has 0 aliphatic heterocycles. The van der Waals surface area contributed by atoms with Gasteiger partial charge in [-0.05, 0) is 29.7 Å². The lowest BCUT2D eigenvalue weighted by Gasteiger charge is -2.09. The molecule has 0 unspecified atom stereocenters. The van der Waals surface area contributed by atoms with E-state index in [4.69, 9.17) is 4.42 Å². The number of phenolic OH excluding ortho intramolecular Hbond substituents is 1. The Labute approximate surface area is 121 Å². The lowest BCUT2D eigenvalue weighted by molar-refractivity contribution is 0.473. The predicted molar refractivity (Wildman–Crippen MR) is 81.5 cm³/mol. The summed E-state index contributed by atoms with van der Waals surface area (Å²) in [5, 5.41) is 10.4. The minimum atomic E-state index is -0.350. The number of hydrogen-bond acceptors (Lipinski definition) is 4. The summed E-state index contributed by atoms with van der Waals surface area (Å²) in [5.74, 6) is 0.393. The number of nitrogens with zero attached hydrogens (tertiary/aromatic N) is 1. The standard InChI is InChI=1S/C17H15NO3/c1-10(2)11-7-5-8-13-15(11)21-17(18-16(13)20)12-6-3-4-9-14(12)19/h3-10,19H,1-2H3. The molecule has 0 atom stereocenters. The van der Waals surface area contributed by atoms with Crippen molar-refractivity contribution in [3.8, 4) is 17.2 Å². The van der Waals surface area contributed by atoms with Gasteiger partial charge in [-0.3, -0.25) is 4.79 Å². The smallest absolute Gasteiger partial charge is 0.284 e. The molecule has 2 aromatic carbocycles. The number of hydrogen-bond donors (Lipinski definition) is 1. The molecule has 0 aliphatic carbocycles. The molecule has 3 aromatic rings. The number of phenols is 1. The molecule has 1 N–H and O–H groups in total. The molecule has 4 heteroatoms. The molecular formula is C17H15NO3. The van der Waals surface area contributed by atoms with Crippen LogP contribution < -0.4 is 5.56 Å². The average Bonchev–Trinajstić information content (AvgIpc) is 2.47. The van der Waals surface area contributed by atoms with Crippen LogP contribution in [0.1, 0.15) is 25.3 Å². The first-order chi connectivity index (χ1) is 10.1. The molecule has 1 heterocycles. The maximum Gasteiger partial charge on any atom is 0.284 e. The highest BCUT2D eigenvalue weighted by Crippen LogP contribution is 2.30. The largest absolute Gasteiger partial charge is 0.507 e. The van der Waals surface area contributed by atoms with E-state index in [-0.39, 0.29) is 23.1 Å². The van der Waals surface area contributed by atoms with Gasteiger partial charge in [0.05, 0.1) is 10.9 Å². The normalized spacial score (nSPS) is 11.2. The van der Waals surface area contributed by atoms with E-state index in [0.717, 1.165) is 5.56 Å². The third-order valence-electron chi connectivity index (χ3n) is 3.43. The van der Waals surface area contributed by atoms with E-state index in [2.05, 4.69) is 4.98 Å². The summed E-state index contributed by atoms with van der Waals surface area (Å²) in [7, 11) is 0. The van der Waals surface area contributed by atoms with Gasteiger partial charge in [-0.2, -0.15) is 4.98 Å². The first-order valence-corrected chi connectivity index (χ1v) is 6.80. The third kappa shape index (κ3) is 2.29. The van der Waals surface area contributed by atoms with Gasteiger partial charge >= 0.3 is 0 Å². The number of aromatic hydroxyl groups is 1. The van der Waals surface area contributed by atoms with E-state index >= 15 is 0 Å². The van der Waals surface area contributed by atoms with Crippen LogP contribution in [0.2, 0.25) is 0 Å². The van der Waals surface area contributed by atoms with E-state index in [9.17, 15) is 9.90 Å². The van der Waals surface area contributed by atoms with E-state index in [1.165, 1.54) is 6.07 Å². The Hall–Kier alpha value is -2.62. The summed E-state index contributed by atoms with van der Waals surface area (Å²) in [6, 6.07) is 12.1. The second-order valence-corrected chi connectivity index (χ2v) is 5.22. The van der Waals surface area contributed by atoms with Gasteiger partial charge in [0.15, 0.2) is 0 Å². The van der Waals surface area contributed by atoms with Crippen LogP contribution in [0.15, 0.2) is 51.7 Å². The maximum atomic E-state index is 12.2. The predicted octanol–water partition coefficient (Wildman–Crippen LogP) is 3.68. The molecule has 0 aliphatic rings. The van der Waals surface area contributed by atoms with Crippen molar-refractivity contribution >= 4 is 11.0 Å². The summed E-state index contributed by atoms with van der Waals surface area (Å²) in [6.07, 6.45) is 0. The Morgan fingerprint density at radius 2 is 1.86 bits per heavy atom. The Morgan fingerprint density at radius 3 is 2.57 bits per heavy atom. The zero-order valence-electron chi connectivity index (χ0n) is 11.8. The van der Waals surface area contributed by atoms with E-state index in [1.807, 2.05) is 26.0 Å². The van der Waals surface area contributed by atoms with E-state index in [1.54, 1.807) is 24.3 Å². The second kappa shape index (κ2) is 5.05. The fourth-order valence-corrected chi connectivity index (χ4v) is 2.33. The van der Waals surface area contributed by atoms with Crippen LogP contribution in [0, 0.1) is 0 Å². The molecule has 4 nitrogen and oxygen atoms in total. The zero-order valence-corrected chi connectivity index (χ0v) is 11.8. The lowest BCUT2D eigenvalue weighted by Crippen LogP contribution is -2.08. The van der Waals surface area contributed by atoms with Gasteiger partial charge in [0.25, 0.3) is 5.56 Å². The van der Waals surface area contributed by atoms with Crippen molar-refractivity contribution in [3.05, 3.63) is 58.4 Å². The van der Waals surface area contributed by atoms with Gasteiger partial charge in [-0.1, -0.05) is 38.1 Å². The van der Waals surface area contributed by atoms with Crippen LogP contribution in [0.5, 0.6) is 5.75 Å². The van der Waals surface area contributed by atoms with E-state index < -0.39 is 0 Å². The van der Waals surface area contributed by atoms with Crippen LogP contribution in [-0.4, -0.2) is 10.1 Å². The molecule has 0 fully saturated rings. The van der Waals surface area contributed by atoms with Crippen LogP contribution in [0.25, 0.3) is 22.4 Å². The molecule has 0 saturated heterocycles. The van der Waals surface area contributed by atoms with Gasteiger partial charge in [0.1, 0.15) is 11.3 Å². The summed E-state index contributed by atoms with van der Waals surface area (Å²) >= 11 is 0. The van der Waals surface area contributed by atoms with Gasteiger partial charge in [0.2, 0.25) is 5.89 Å². The Kier molecular flexibility index (Phi) is 3.22. The number of aromatic nitrogens is 1. The monoisotopic (exact) mass is 281 g/mol. The molecule has 106 valence electrons. The fourth-order valence-electron chi connectivity index (χ4n) is 2.33. The molecule has 0 amide bonds. The van der Waals surface area contributed by atoms with Crippen molar-refractivity contribution < 1.29 is 9.52 Å². The molecule has 0 saturated carbocycles. The summed E-state index contributed by atoms with van der Waals surface area (Å²) in [5.41, 5.74) is 1.54. The number of para-hydroxylation sites is 2. The minimum absolute atomic E-state index is 0.0366. The highest BCUT2D eigenvalue weighted by atomic mass is 16.3. The Bertz CT molecular complexity index is 865. The van der Waals surface area contributed by atoms with Gasteiger partial charge in [0, 0.05) is 0 Å². The quantitative estimate of drug-likeness (QED) is 0.778. The summed E-state index contributed by atoms with van der Waals surface area (Å²) < 4.78 is 5.83. The topological polar surface area (TPSA) is 63.3 Å². The number of rotatable bonds is 2. The van der Waals surface area contributed by atoms with Crippen molar-refractivity contribution in [2.45, 2.75) is 19.8 Å². The fraction of sp³-hybridized carbons (Fsp3) is 0.176. The molecule has 0 bridgehead atoms. The SMILES string of the molecule is CC(C)c1cccc2c(=O)nc(-c3ccccc3O)oc12. The van der Waals surface area contributed by atoms with Crippen molar-refractivity contribution in [2.24, 2.45) is 0 Å². The van der Waals surface area contributed by atoms with Crippen LogP contribution in [0.4, 0.5) is 0 Å². The molecule has 3 rings (SSSR count). The molecule has 1 aromatic heterocycles. The van der Waals surface area contributed by atoms with Crippen molar-refractivity contribution in [3.63, 3.8) is 0 Å². The Morgan fingerprint density at radius 1 is 1.10 bits per heavy atom. The molecule has 0 radical (unpaired) electrons. The van der Waals surface area contributed by atoms with Gasteiger partial charge < -0.3 is 9.52 Å². The van der Waals surface area contributed by atoms with Gasteiger partial charge in [-0.15, -0.1) is 0 Å². The average molecular weight is 281 g/mol.